The van der Waals surface area contributed by atoms with Crippen LogP contribution >= 0.6 is 0 Å². The molecule has 1 aliphatic heterocycles. The third-order valence-electron chi connectivity index (χ3n) is 2.50. The van der Waals surface area contributed by atoms with Crippen molar-refractivity contribution in [2.75, 3.05) is 6.61 Å². The lowest BCUT2D eigenvalue weighted by Crippen LogP contribution is -2.26. The fraction of sp³-hybridized carbons (Fsp3) is 1.00. The van der Waals surface area contributed by atoms with Crippen LogP contribution in [0.3, 0.4) is 0 Å². The Labute approximate surface area is 76.5 Å². The maximum Gasteiger partial charge on any atom is 0.0547 e. The first-order chi connectivity index (χ1) is 5.47. The van der Waals surface area contributed by atoms with Gasteiger partial charge in [0.2, 0.25) is 0 Å². The summed E-state index contributed by atoms with van der Waals surface area (Å²) >= 11 is 0. The molecule has 0 spiro atoms. The minimum absolute atomic E-state index is 0.467. The molecule has 1 rings (SSSR count). The van der Waals surface area contributed by atoms with Crippen molar-refractivity contribution in [3.63, 3.8) is 0 Å². The summed E-state index contributed by atoms with van der Waals surface area (Å²) in [5.74, 6) is 0.807. The summed E-state index contributed by atoms with van der Waals surface area (Å²) in [5.41, 5.74) is 0.467. The van der Waals surface area contributed by atoms with E-state index in [-0.39, 0.29) is 0 Å². The molecule has 0 aromatic rings. The largest absolute Gasteiger partial charge is 0.378 e. The Morgan fingerprint density at radius 1 is 1.25 bits per heavy atom. The van der Waals surface area contributed by atoms with Crippen molar-refractivity contribution in [2.45, 2.75) is 53.1 Å². The minimum Gasteiger partial charge on any atom is -0.378 e. The van der Waals surface area contributed by atoms with E-state index in [9.17, 15) is 0 Å². The molecule has 1 heteroatoms. The fourth-order valence-corrected chi connectivity index (χ4v) is 1.96. The van der Waals surface area contributed by atoms with Gasteiger partial charge in [0, 0.05) is 6.61 Å². The quantitative estimate of drug-likeness (QED) is 0.587. The van der Waals surface area contributed by atoms with Crippen LogP contribution in [0.5, 0.6) is 0 Å². The summed E-state index contributed by atoms with van der Waals surface area (Å²) in [7, 11) is 0. The third-order valence-corrected chi connectivity index (χ3v) is 2.50. The summed E-state index contributed by atoms with van der Waals surface area (Å²) in [6, 6.07) is 0. The molecule has 0 aromatic heterocycles. The van der Waals surface area contributed by atoms with Gasteiger partial charge in [-0.15, -0.1) is 0 Å². The first-order valence-electron chi connectivity index (χ1n) is 5.09. The van der Waals surface area contributed by atoms with Crippen LogP contribution in [0.15, 0.2) is 0 Å². The van der Waals surface area contributed by atoms with E-state index in [1.54, 1.807) is 0 Å². The van der Waals surface area contributed by atoms with Crippen LogP contribution in [0.1, 0.15) is 47.0 Å². The van der Waals surface area contributed by atoms with Gasteiger partial charge in [-0.2, -0.15) is 0 Å². The summed E-state index contributed by atoms with van der Waals surface area (Å²) in [5, 5.41) is 0. The van der Waals surface area contributed by atoms with Crippen LogP contribution in [0.4, 0.5) is 0 Å². The van der Waals surface area contributed by atoms with Gasteiger partial charge in [-0.1, -0.05) is 20.8 Å². The first-order valence-corrected chi connectivity index (χ1v) is 5.09. The van der Waals surface area contributed by atoms with Crippen LogP contribution in [0, 0.1) is 11.3 Å². The highest BCUT2D eigenvalue weighted by atomic mass is 16.5. The zero-order valence-electron chi connectivity index (χ0n) is 8.89. The predicted molar refractivity (Wildman–Crippen MR) is 52.2 cm³/mol. The molecule has 72 valence electrons. The Morgan fingerprint density at radius 2 is 1.92 bits per heavy atom. The van der Waals surface area contributed by atoms with Gasteiger partial charge < -0.3 is 4.74 Å². The molecular weight excluding hydrogens is 148 g/mol. The zero-order valence-corrected chi connectivity index (χ0v) is 8.89. The van der Waals surface area contributed by atoms with Crippen molar-refractivity contribution in [1.82, 2.24) is 0 Å². The SMILES string of the molecule is CC1CCC(CC(C)(C)C)CO1. The van der Waals surface area contributed by atoms with E-state index in [4.69, 9.17) is 4.74 Å². The van der Waals surface area contributed by atoms with Crippen LogP contribution in [0.2, 0.25) is 0 Å². The summed E-state index contributed by atoms with van der Waals surface area (Å²) < 4.78 is 5.64. The number of hydrogen-bond donors (Lipinski definition) is 0. The van der Waals surface area contributed by atoms with E-state index in [0.29, 0.717) is 11.5 Å². The van der Waals surface area contributed by atoms with Crippen molar-refractivity contribution in [1.29, 1.82) is 0 Å². The Balaban J connectivity index is 2.26. The molecule has 12 heavy (non-hydrogen) atoms. The van der Waals surface area contributed by atoms with E-state index in [1.165, 1.54) is 19.3 Å². The van der Waals surface area contributed by atoms with Gasteiger partial charge in [-0.05, 0) is 37.5 Å². The van der Waals surface area contributed by atoms with Crippen molar-refractivity contribution in [3.8, 4) is 0 Å². The molecule has 0 saturated carbocycles. The third kappa shape index (κ3) is 3.57. The van der Waals surface area contributed by atoms with Gasteiger partial charge in [0.15, 0.2) is 0 Å². The van der Waals surface area contributed by atoms with E-state index >= 15 is 0 Å². The molecule has 0 N–H and O–H groups in total. The molecule has 0 bridgehead atoms. The molecule has 0 aliphatic carbocycles. The van der Waals surface area contributed by atoms with E-state index < -0.39 is 0 Å². The molecule has 2 atom stereocenters. The van der Waals surface area contributed by atoms with Crippen molar-refractivity contribution < 1.29 is 4.74 Å². The number of rotatable bonds is 1. The normalized spacial score (nSPS) is 32.0. The highest BCUT2D eigenvalue weighted by molar-refractivity contribution is 4.73. The van der Waals surface area contributed by atoms with Gasteiger partial charge in [0.05, 0.1) is 6.10 Å². The Kier molecular flexibility index (Phi) is 3.16. The topological polar surface area (TPSA) is 9.23 Å². The van der Waals surface area contributed by atoms with Gasteiger partial charge in [0.1, 0.15) is 0 Å². The van der Waals surface area contributed by atoms with Crippen LogP contribution in [-0.4, -0.2) is 12.7 Å². The molecule has 1 heterocycles. The predicted octanol–water partition coefficient (Wildman–Crippen LogP) is 3.24. The molecule has 0 aromatic carbocycles. The second-order valence-electron chi connectivity index (χ2n) is 5.35. The summed E-state index contributed by atoms with van der Waals surface area (Å²) in [6.45, 7) is 10.1. The average molecular weight is 170 g/mol. The Bertz CT molecular complexity index is 126. The lowest BCUT2D eigenvalue weighted by atomic mass is 9.82. The standard InChI is InChI=1S/C11H22O/c1-9-5-6-10(8-12-9)7-11(2,3)4/h9-10H,5-8H2,1-4H3. The van der Waals surface area contributed by atoms with Crippen LogP contribution in [-0.2, 0) is 4.74 Å². The zero-order chi connectivity index (χ0) is 9.19. The minimum atomic E-state index is 0.467. The molecule has 1 aliphatic rings. The summed E-state index contributed by atoms with van der Waals surface area (Å²) in [4.78, 5) is 0. The van der Waals surface area contributed by atoms with E-state index in [2.05, 4.69) is 27.7 Å². The monoisotopic (exact) mass is 170 g/mol. The van der Waals surface area contributed by atoms with Crippen LogP contribution < -0.4 is 0 Å². The Morgan fingerprint density at radius 3 is 2.33 bits per heavy atom. The maximum atomic E-state index is 5.64. The smallest absolute Gasteiger partial charge is 0.0547 e. The van der Waals surface area contributed by atoms with Gasteiger partial charge in [-0.3, -0.25) is 0 Å². The lowest BCUT2D eigenvalue weighted by molar-refractivity contribution is -0.0154. The fourth-order valence-electron chi connectivity index (χ4n) is 1.96. The highest BCUT2D eigenvalue weighted by Crippen LogP contribution is 2.30. The highest BCUT2D eigenvalue weighted by Gasteiger charge is 2.23. The van der Waals surface area contributed by atoms with Crippen molar-refractivity contribution in [3.05, 3.63) is 0 Å². The first kappa shape index (κ1) is 10.0. The second-order valence-corrected chi connectivity index (χ2v) is 5.35. The molecule has 0 radical (unpaired) electrons. The maximum absolute atomic E-state index is 5.64. The molecule has 0 amide bonds. The van der Waals surface area contributed by atoms with E-state index in [0.717, 1.165) is 12.5 Å². The average Bonchev–Trinajstić information content (AvgIpc) is 1.91. The summed E-state index contributed by atoms with van der Waals surface area (Å²) in [6.07, 6.45) is 4.42. The molecule has 1 saturated heterocycles. The molecule has 1 fully saturated rings. The molecule has 1 nitrogen and oxygen atoms in total. The van der Waals surface area contributed by atoms with E-state index in [1.807, 2.05) is 0 Å². The van der Waals surface area contributed by atoms with Gasteiger partial charge in [-0.25, -0.2) is 0 Å². The van der Waals surface area contributed by atoms with Crippen LogP contribution in [0.25, 0.3) is 0 Å². The second kappa shape index (κ2) is 3.78. The van der Waals surface area contributed by atoms with Crippen molar-refractivity contribution >= 4 is 0 Å². The molecule has 2 unspecified atom stereocenters. The lowest BCUT2D eigenvalue weighted by Gasteiger charge is -2.31. The molecular formula is C11H22O. The van der Waals surface area contributed by atoms with Gasteiger partial charge in [0.25, 0.3) is 0 Å². The number of ether oxygens (including phenoxy) is 1. The number of hydrogen-bond acceptors (Lipinski definition) is 1. The van der Waals surface area contributed by atoms with Crippen molar-refractivity contribution in [2.24, 2.45) is 11.3 Å². The van der Waals surface area contributed by atoms with Gasteiger partial charge >= 0.3 is 0 Å². The Hall–Kier alpha value is -0.0400.